The molecule has 2 aliphatic rings. The Hall–Kier alpha value is -2.29. The maximum absolute atomic E-state index is 13.1. The lowest BCUT2D eigenvalue weighted by Crippen LogP contribution is -2.49. The van der Waals surface area contributed by atoms with Crippen LogP contribution in [0, 0.1) is 0 Å². The molecule has 1 aromatic rings. The van der Waals surface area contributed by atoms with Crippen molar-refractivity contribution in [1.82, 2.24) is 14.0 Å². The predicted octanol–water partition coefficient (Wildman–Crippen LogP) is -0.149. The fraction of sp³-hybridized carbons (Fsp3) is 0.722. The molecule has 2 fully saturated rings. The lowest BCUT2D eigenvalue weighted by atomic mass is 10.3. The number of carbonyl (C=O) groups is 1. The number of nitrogens with zero attached hydrogens (tertiary/aromatic N) is 4. The summed E-state index contributed by atoms with van der Waals surface area (Å²) in [6, 6.07) is 0. The van der Waals surface area contributed by atoms with Crippen LogP contribution >= 0.6 is 0 Å². The molecule has 9 nitrogen and oxygen atoms in total. The van der Waals surface area contributed by atoms with Gasteiger partial charge in [-0.25, -0.2) is 9.36 Å². The highest BCUT2D eigenvalue weighted by atomic mass is 16.5. The van der Waals surface area contributed by atoms with Gasteiger partial charge in [-0.15, -0.1) is 0 Å². The van der Waals surface area contributed by atoms with Gasteiger partial charge in [-0.1, -0.05) is 13.3 Å². The van der Waals surface area contributed by atoms with Crippen molar-refractivity contribution in [3.63, 3.8) is 0 Å². The molecule has 9 heteroatoms. The molecule has 0 unspecified atom stereocenters. The minimum atomic E-state index is -0.504. The number of hydrogen-bond acceptors (Lipinski definition) is 6. The molecular weight excluding hydrogens is 350 g/mol. The van der Waals surface area contributed by atoms with Crippen molar-refractivity contribution in [3.8, 4) is 0 Å². The van der Waals surface area contributed by atoms with Crippen molar-refractivity contribution in [1.29, 1.82) is 0 Å². The van der Waals surface area contributed by atoms with E-state index in [1.807, 2.05) is 11.8 Å². The van der Waals surface area contributed by atoms with Gasteiger partial charge in [-0.2, -0.15) is 0 Å². The van der Waals surface area contributed by atoms with E-state index >= 15 is 0 Å². The van der Waals surface area contributed by atoms with Crippen LogP contribution < -0.4 is 21.9 Å². The summed E-state index contributed by atoms with van der Waals surface area (Å²) in [5.74, 6) is -0.00309. The summed E-state index contributed by atoms with van der Waals surface area (Å²) in [6.07, 6.45) is 3.58. The fourth-order valence-corrected chi connectivity index (χ4v) is 3.66. The van der Waals surface area contributed by atoms with E-state index in [2.05, 4.69) is 0 Å². The van der Waals surface area contributed by atoms with Crippen LogP contribution in [0.5, 0.6) is 0 Å². The summed E-state index contributed by atoms with van der Waals surface area (Å²) in [4.78, 5) is 42.2. The van der Waals surface area contributed by atoms with Gasteiger partial charge in [0, 0.05) is 32.7 Å². The van der Waals surface area contributed by atoms with Gasteiger partial charge in [-0.05, 0) is 19.3 Å². The Bertz CT molecular complexity index is 788. The molecule has 150 valence electrons. The summed E-state index contributed by atoms with van der Waals surface area (Å²) in [6.45, 7) is 5.65. The highest BCUT2D eigenvalue weighted by Crippen LogP contribution is 2.19. The number of nitrogens with two attached hydrogens (primary N) is 1. The second kappa shape index (κ2) is 8.60. The Morgan fingerprint density at radius 1 is 1.07 bits per heavy atom. The topological polar surface area (TPSA) is 103 Å². The van der Waals surface area contributed by atoms with Crippen molar-refractivity contribution in [2.45, 2.75) is 45.7 Å². The van der Waals surface area contributed by atoms with Crippen LogP contribution in [0.1, 0.15) is 32.6 Å². The fourth-order valence-electron chi connectivity index (χ4n) is 3.66. The molecule has 3 heterocycles. The van der Waals surface area contributed by atoms with E-state index in [4.69, 9.17) is 10.5 Å². The Labute approximate surface area is 158 Å². The number of morpholine rings is 1. The minimum Gasteiger partial charge on any atom is -0.383 e. The van der Waals surface area contributed by atoms with Crippen molar-refractivity contribution in [2.24, 2.45) is 0 Å². The van der Waals surface area contributed by atoms with E-state index < -0.39 is 11.2 Å². The summed E-state index contributed by atoms with van der Waals surface area (Å²) in [5, 5.41) is 0. The molecule has 1 amide bonds. The zero-order chi connectivity index (χ0) is 19.4. The molecular formula is C18H29N5O4. The molecule has 0 aromatic carbocycles. The predicted molar refractivity (Wildman–Crippen MR) is 103 cm³/mol. The summed E-state index contributed by atoms with van der Waals surface area (Å²) in [7, 11) is 0. The maximum atomic E-state index is 13.1. The first-order valence-electron chi connectivity index (χ1n) is 9.78. The highest BCUT2D eigenvalue weighted by molar-refractivity contribution is 5.76. The van der Waals surface area contributed by atoms with Gasteiger partial charge in [0.2, 0.25) is 5.91 Å². The molecule has 0 saturated carbocycles. The number of rotatable bonds is 6. The van der Waals surface area contributed by atoms with Gasteiger partial charge in [0.25, 0.3) is 5.56 Å². The van der Waals surface area contributed by atoms with Gasteiger partial charge in [0.15, 0.2) is 0 Å². The number of ether oxygens (including phenoxy) is 1. The Morgan fingerprint density at radius 2 is 1.74 bits per heavy atom. The molecule has 0 spiro atoms. The van der Waals surface area contributed by atoms with Crippen LogP contribution in [0.2, 0.25) is 0 Å². The number of unbranched alkanes of at least 4 members (excludes halogenated alkanes) is 1. The first kappa shape index (κ1) is 19.5. The summed E-state index contributed by atoms with van der Waals surface area (Å²) in [5.41, 5.74) is 5.57. The standard InChI is InChI=1S/C18H29N5O4/c1-2-3-8-22-16(19)15(21-9-11-27-12-10-21)17(25)23(18(22)26)13-14(24)20-6-4-5-7-20/h2-13,19H2,1H3. The van der Waals surface area contributed by atoms with Crippen LogP contribution in [0.25, 0.3) is 0 Å². The third-order valence-electron chi connectivity index (χ3n) is 5.26. The summed E-state index contributed by atoms with van der Waals surface area (Å²) < 4.78 is 7.85. The zero-order valence-corrected chi connectivity index (χ0v) is 16.0. The number of anilines is 2. The largest absolute Gasteiger partial charge is 0.383 e. The number of aromatic nitrogens is 2. The minimum absolute atomic E-state index is 0.185. The zero-order valence-electron chi connectivity index (χ0n) is 16.0. The Morgan fingerprint density at radius 3 is 2.37 bits per heavy atom. The first-order chi connectivity index (χ1) is 13.0. The van der Waals surface area contributed by atoms with E-state index in [9.17, 15) is 14.4 Å². The van der Waals surface area contributed by atoms with Gasteiger partial charge in [-0.3, -0.25) is 14.2 Å². The average molecular weight is 379 g/mol. The van der Waals surface area contributed by atoms with Crippen molar-refractivity contribution >= 4 is 17.4 Å². The summed E-state index contributed by atoms with van der Waals surface area (Å²) >= 11 is 0. The molecule has 1 aromatic heterocycles. The van der Waals surface area contributed by atoms with Gasteiger partial charge >= 0.3 is 5.69 Å². The number of hydrogen-bond donors (Lipinski definition) is 1. The number of carbonyl (C=O) groups excluding carboxylic acids is 1. The molecule has 2 N–H and O–H groups in total. The molecule has 3 rings (SSSR count). The number of amides is 1. The van der Waals surface area contributed by atoms with E-state index in [1.54, 1.807) is 4.90 Å². The normalized spacial score (nSPS) is 17.5. The lowest BCUT2D eigenvalue weighted by molar-refractivity contribution is -0.130. The number of likely N-dealkylation sites (tertiary alicyclic amines) is 1. The molecule has 2 saturated heterocycles. The second-order valence-corrected chi connectivity index (χ2v) is 7.10. The van der Waals surface area contributed by atoms with Gasteiger partial charge in [0.05, 0.1) is 13.2 Å². The van der Waals surface area contributed by atoms with Gasteiger partial charge < -0.3 is 20.3 Å². The second-order valence-electron chi connectivity index (χ2n) is 7.10. The van der Waals surface area contributed by atoms with Crippen molar-refractivity contribution in [2.75, 3.05) is 50.0 Å². The molecule has 0 radical (unpaired) electrons. The van der Waals surface area contributed by atoms with E-state index in [1.165, 1.54) is 4.57 Å². The molecule has 2 aliphatic heterocycles. The highest BCUT2D eigenvalue weighted by Gasteiger charge is 2.26. The van der Waals surface area contributed by atoms with Crippen molar-refractivity contribution in [3.05, 3.63) is 20.8 Å². The maximum Gasteiger partial charge on any atom is 0.333 e. The van der Waals surface area contributed by atoms with E-state index in [-0.39, 0.29) is 18.3 Å². The first-order valence-corrected chi connectivity index (χ1v) is 9.78. The number of nitrogen functional groups attached to an aromatic ring is 1. The molecule has 0 bridgehead atoms. The van der Waals surface area contributed by atoms with Crippen LogP contribution in [0.3, 0.4) is 0 Å². The van der Waals surface area contributed by atoms with E-state index in [0.717, 1.165) is 30.3 Å². The Kier molecular flexibility index (Phi) is 6.20. The average Bonchev–Trinajstić information content (AvgIpc) is 3.21. The Balaban J connectivity index is 2.03. The SMILES string of the molecule is CCCCn1c(N)c(N2CCOCC2)c(=O)n(CC(=O)N2CCCC2)c1=O. The van der Waals surface area contributed by atoms with Crippen LogP contribution in [0.4, 0.5) is 11.5 Å². The van der Waals surface area contributed by atoms with Crippen LogP contribution in [0.15, 0.2) is 9.59 Å². The third kappa shape index (κ3) is 4.02. The third-order valence-corrected chi connectivity index (χ3v) is 5.26. The molecule has 27 heavy (non-hydrogen) atoms. The molecule has 0 aliphatic carbocycles. The van der Waals surface area contributed by atoms with Gasteiger partial charge in [0.1, 0.15) is 18.1 Å². The lowest BCUT2D eigenvalue weighted by Gasteiger charge is -2.30. The van der Waals surface area contributed by atoms with Crippen molar-refractivity contribution < 1.29 is 9.53 Å². The van der Waals surface area contributed by atoms with Crippen LogP contribution in [-0.4, -0.2) is 59.3 Å². The van der Waals surface area contributed by atoms with Crippen LogP contribution in [-0.2, 0) is 22.6 Å². The quantitative estimate of drug-likeness (QED) is 0.737. The smallest absolute Gasteiger partial charge is 0.333 e. The molecule has 0 atom stereocenters. The monoisotopic (exact) mass is 379 g/mol. The van der Waals surface area contributed by atoms with E-state index in [0.29, 0.717) is 51.6 Å².